The lowest BCUT2D eigenvalue weighted by Crippen LogP contribution is -2.27. The van der Waals surface area contributed by atoms with Crippen LogP contribution in [0.15, 0.2) is 77.7 Å². The number of methoxy groups -OCH3 is 1. The highest BCUT2D eigenvalue weighted by molar-refractivity contribution is 8.18. The van der Waals surface area contributed by atoms with E-state index in [4.69, 9.17) is 21.1 Å². The van der Waals surface area contributed by atoms with Crippen molar-refractivity contribution in [3.05, 3.63) is 99.4 Å². The molecule has 8 heteroatoms. The molecule has 0 N–H and O–H groups in total. The number of carbonyl (C=O) groups excluding carboxylic acids is 3. The van der Waals surface area contributed by atoms with Crippen LogP contribution >= 0.6 is 23.4 Å². The predicted octanol–water partition coefficient (Wildman–Crippen LogP) is 5.80. The first-order valence-corrected chi connectivity index (χ1v) is 11.1. The van der Waals surface area contributed by atoms with Gasteiger partial charge in [-0.25, -0.2) is 4.79 Å². The van der Waals surface area contributed by atoms with Crippen molar-refractivity contribution in [3.8, 4) is 11.5 Å². The third kappa shape index (κ3) is 5.45. The van der Waals surface area contributed by atoms with Gasteiger partial charge in [0.2, 0.25) is 0 Å². The minimum absolute atomic E-state index is 0.180. The molecule has 1 aliphatic heterocycles. The van der Waals surface area contributed by atoms with Crippen molar-refractivity contribution < 1.29 is 23.9 Å². The lowest BCUT2D eigenvalue weighted by molar-refractivity contribution is -0.123. The summed E-state index contributed by atoms with van der Waals surface area (Å²) in [6.07, 6.45) is 1.64. The number of esters is 1. The molecule has 1 saturated heterocycles. The molecule has 0 saturated carbocycles. The molecule has 0 atom stereocenters. The van der Waals surface area contributed by atoms with E-state index in [2.05, 4.69) is 0 Å². The highest BCUT2D eigenvalue weighted by Crippen LogP contribution is 2.33. The second-order valence-corrected chi connectivity index (χ2v) is 8.51. The molecule has 33 heavy (non-hydrogen) atoms. The van der Waals surface area contributed by atoms with E-state index in [-0.39, 0.29) is 17.7 Å². The summed E-state index contributed by atoms with van der Waals surface area (Å²) in [5, 5.41) is 0.261. The summed E-state index contributed by atoms with van der Waals surface area (Å²) in [4.78, 5) is 38.9. The van der Waals surface area contributed by atoms with Crippen LogP contribution in [-0.2, 0) is 11.3 Å². The van der Waals surface area contributed by atoms with E-state index in [0.717, 1.165) is 17.3 Å². The number of hydrogen-bond acceptors (Lipinski definition) is 6. The maximum atomic E-state index is 12.7. The van der Waals surface area contributed by atoms with Crippen LogP contribution in [0.4, 0.5) is 4.79 Å². The Hall–Kier alpha value is -3.55. The summed E-state index contributed by atoms with van der Waals surface area (Å²) in [6.45, 7) is 0.180. The second-order valence-electron chi connectivity index (χ2n) is 7.08. The van der Waals surface area contributed by atoms with Crippen LogP contribution in [-0.4, -0.2) is 29.1 Å². The van der Waals surface area contributed by atoms with Gasteiger partial charge in [-0.05, 0) is 77.5 Å². The Kier molecular flexibility index (Phi) is 6.82. The van der Waals surface area contributed by atoms with Crippen LogP contribution in [0.2, 0.25) is 5.02 Å². The molecule has 3 aromatic carbocycles. The monoisotopic (exact) mass is 479 g/mol. The molecule has 0 bridgehead atoms. The van der Waals surface area contributed by atoms with Crippen molar-refractivity contribution in [3.63, 3.8) is 0 Å². The normalized spacial score (nSPS) is 14.6. The average molecular weight is 480 g/mol. The van der Waals surface area contributed by atoms with Gasteiger partial charge in [0.1, 0.15) is 11.5 Å². The summed E-state index contributed by atoms with van der Waals surface area (Å²) in [6, 6.07) is 20.3. The van der Waals surface area contributed by atoms with Gasteiger partial charge in [0.15, 0.2) is 0 Å². The highest BCUT2D eigenvalue weighted by Gasteiger charge is 2.34. The molecule has 0 spiro atoms. The lowest BCUT2D eigenvalue weighted by Gasteiger charge is -2.12. The van der Waals surface area contributed by atoms with E-state index in [1.54, 1.807) is 86.0 Å². The molecule has 1 fully saturated rings. The molecule has 4 rings (SSSR count). The zero-order chi connectivity index (χ0) is 23.4. The first kappa shape index (κ1) is 22.6. The molecular weight excluding hydrogens is 462 g/mol. The maximum absolute atomic E-state index is 12.7. The Bertz CT molecular complexity index is 1220. The molecule has 1 heterocycles. The van der Waals surface area contributed by atoms with Crippen molar-refractivity contribution in [1.82, 2.24) is 4.90 Å². The summed E-state index contributed by atoms with van der Waals surface area (Å²) < 4.78 is 10.5. The lowest BCUT2D eigenvalue weighted by atomic mass is 10.2. The number of ether oxygens (including phenoxy) is 2. The highest BCUT2D eigenvalue weighted by atomic mass is 35.5. The Morgan fingerprint density at radius 1 is 0.939 bits per heavy atom. The predicted molar refractivity (Wildman–Crippen MR) is 127 cm³/mol. The Balaban J connectivity index is 1.41. The standard InChI is InChI=1S/C25H18ClNO5S/c1-31-20-12-6-18(7-13-20)24(29)32-21-10-4-16(5-11-21)14-22-23(28)27(25(30)33-22)15-17-2-8-19(26)9-3-17/h2-14H,15H2,1H3/b22-14+. The number of amides is 2. The number of rotatable bonds is 6. The number of carbonyl (C=O) groups is 3. The molecule has 3 aromatic rings. The van der Waals surface area contributed by atoms with Crippen molar-refractivity contribution in [2.24, 2.45) is 0 Å². The van der Waals surface area contributed by atoms with E-state index < -0.39 is 5.97 Å². The third-order valence-corrected chi connectivity index (χ3v) is 6.00. The minimum atomic E-state index is -0.492. The first-order chi connectivity index (χ1) is 15.9. The van der Waals surface area contributed by atoms with E-state index in [0.29, 0.717) is 32.6 Å². The maximum Gasteiger partial charge on any atom is 0.343 e. The second kappa shape index (κ2) is 9.94. The Morgan fingerprint density at radius 2 is 1.58 bits per heavy atom. The molecule has 0 aromatic heterocycles. The summed E-state index contributed by atoms with van der Waals surface area (Å²) in [7, 11) is 1.55. The molecule has 0 aliphatic carbocycles. The van der Waals surface area contributed by atoms with Gasteiger partial charge in [0, 0.05) is 5.02 Å². The number of imide groups is 1. The van der Waals surface area contributed by atoms with Gasteiger partial charge in [-0.3, -0.25) is 14.5 Å². The van der Waals surface area contributed by atoms with Crippen molar-refractivity contribution >= 4 is 46.6 Å². The van der Waals surface area contributed by atoms with E-state index >= 15 is 0 Å². The summed E-state index contributed by atoms with van der Waals surface area (Å²) >= 11 is 6.78. The van der Waals surface area contributed by atoms with Gasteiger partial charge in [-0.1, -0.05) is 35.9 Å². The van der Waals surface area contributed by atoms with E-state index in [1.165, 1.54) is 4.90 Å². The summed E-state index contributed by atoms with van der Waals surface area (Å²) in [5.41, 5.74) is 1.91. The van der Waals surface area contributed by atoms with Crippen molar-refractivity contribution in [1.29, 1.82) is 0 Å². The van der Waals surface area contributed by atoms with Crippen LogP contribution in [0.25, 0.3) is 6.08 Å². The molecule has 166 valence electrons. The Morgan fingerprint density at radius 3 is 2.21 bits per heavy atom. The summed E-state index contributed by atoms with van der Waals surface area (Å²) in [5.74, 6) is 0.168. The Labute approximate surface area is 199 Å². The van der Waals surface area contributed by atoms with Gasteiger partial charge >= 0.3 is 5.97 Å². The van der Waals surface area contributed by atoms with Gasteiger partial charge in [-0.2, -0.15) is 0 Å². The van der Waals surface area contributed by atoms with Gasteiger partial charge in [-0.15, -0.1) is 0 Å². The molecule has 6 nitrogen and oxygen atoms in total. The minimum Gasteiger partial charge on any atom is -0.497 e. The van der Waals surface area contributed by atoms with Crippen LogP contribution < -0.4 is 9.47 Å². The quantitative estimate of drug-likeness (QED) is 0.252. The number of hydrogen-bond donors (Lipinski definition) is 0. The molecule has 1 aliphatic rings. The van der Waals surface area contributed by atoms with Crippen LogP contribution in [0, 0.1) is 0 Å². The smallest absolute Gasteiger partial charge is 0.343 e. The number of halogens is 1. The number of nitrogens with zero attached hydrogens (tertiary/aromatic N) is 1. The zero-order valence-electron chi connectivity index (χ0n) is 17.5. The number of benzene rings is 3. The zero-order valence-corrected chi connectivity index (χ0v) is 19.1. The van der Waals surface area contributed by atoms with E-state index in [1.807, 2.05) is 0 Å². The topological polar surface area (TPSA) is 72.9 Å². The average Bonchev–Trinajstić information content (AvgIpc) is 3.09. The first-order valence-electron chi connectivity index (χ1n) is 9.89. The van der Waals surface area contributed by atoms with Crippen molar-refractivity contribution in [2.75, 3.05) is 7.11 Å². The fraction of sp³-hybridized carbons (Fsp3) is 0.0800. The number of thioether (sulfide) groups is 1. The van der Waals surface area contributed by atoms with Crippen molar-refractivity contribution in [2.45, 2.75) is 6.54 Å². The molecular formula is C25H18ClNO5S. The molecule has 0 radical (unpaired) electrons. The van der Waals surface area contributed by atoms with Crippen LogP contribution in [0.3, 0.4) is 0 Å². The van der Waals surface area contributed by atoms with Gasteiger partial charge in [0.25, 0.3) is 11.1 Å². The fourth-order valence-corrected chi connectivity index (χ4v) is 4.05. The van der Waals surface area contributed by atoms with Gasteiger partial charge in [0.05, 0.1) is 24.1 Å². The van der Waals surface area contributed by atoms with E-state index in [9.17, 15) is 14.4 Å². The van der Waals surface area contributed by atoms with Gasteiger partial charge < -0.3 is 9.47 Å². The third-order valence-electron chi connectivity index (χ3n) is 4.84. The molecule has 2 amide bonds. The van der Waals surface area contributed by atoms with Crippen LogP contribution in [0.1, 0.15) is 21.5 Å². The molecule has 0 unspecified atom stereocenters. The largest absolute Gasteiger partial charge is 0.497 e. The fourth-order valence-electron chi connectivity index (χ4n) is 3.09. The SMILES string of the molecule is COc1ccc(C(=O)Oc2ccc(/C=C3/SC(=O)N(Cc4ccc(Cl)cc4)C3=O)cc2)cc1. The van der Waals surface area contributed by atoms with Crippen LogP contribution in [0.5, 0.6) is 11.5 Å².